The van der Waals surface area contributed by atoms with Crippen LogP contribution in [0.25, 0.3) is 0 Å². The Kier molecular flexibility index (Phi) is 2.97. The largest absolute Gasteiger partial charge is 0.325 e. The highest BCUT2D eigenvalue weighted by Crippen LogP contribution is 2.12. The van der Waals surface area contributed by atoms with Gasteiger partial charge >= 0.3 is 0 Å². The van der Waals surface area contributed by atoms with Crippen molar-refractivity contribution in [3.8, 4) is 0 Å². The van der Waals surface area contributed by atoms with Crippen molar-refractivity contribution in [1.82, 2.24) is 5.32 Å². The molecule has 2 N–H and O–H groups in total. The fraction of sp³-hybridized carbons (Fsp3) is 0.364. The molecule has 2 unspecified atom stereocenters. The van der Waals surface area contributed by atoms with E-state index in [0.29, 0.717) is 0 Å². The number of para-hydroxylation sites is 1. The lowest BCUT2D eigenvalue weighted by atomic mass is 10.2. The number of rotatable bonds is 2. The van der Waals surface area contributed by atoms with Crippen molar-refractivity contribution in [3.63, 3.8) is 0 Å². The van der Waals surface area contributed by atoms with Crippen LogP contribution in [-0.2, 0) is 4.79 Å². The average Bonchev–Trinajstić information content (AvgIpc) is 2.66. The smallest absolute Gasteiger partial charge is 0.241 e. The van der Waals surface area contributed by atoms with Gasteiger partial charge in [0, 0.05) is 18.7 Å². The molecule has 80 valence electrons. The number of carbonyl (C=O) groups excluding carboxylic acids is 1. The zero-order valence-electron chi connectivity index (χ0n) is 8.24. The van der Waals surface area contributed by atoms with Crippen molar-refractivity contribution in [3.05, 3.63) is 30.3 Å². The van der Waals surface area contributed by atoms with Gasteiger partial charge in [0.1, 0.15) is 6.17 Å². The van der Waals surface area contributed by atoms with Gasteiger partial charge in [-0.2, -0.15) is 0 Å². The van der Waals surface area contributed by atoms with Crippen LogP contribution in [0.15, 0.2) is 30.3 Å². The zero-order valence-corrected chi connectivity index (χ0v) is 8.24. The first-order chi connectivity index (χ1) is 7.25. The molecule has 0 saturated carbocycles. The van der Waals surface area contributed by atoms with Crippen LogP contribution in [0, 0.1) is 0 Å². The summed E-state index contributed by atoms with van der Waals surface area (Å²) >= 11 is 0. The van der Waals surface area contributed by atoms with Gasteiger partial charge in [0.25, 0.3) is 0 Å². The summed E-state index contributed by atoms with van der Waals surface area (Å²) in [5.41, 5.74) is 0.742. The normalized spacial score (nSPS) is 25.1. The molecule has 1 aromatic carbocycles. The van der Waals surface area contributed by atoms with Gasteiger partial charge in [0.2, 0.25) is 5.91 Å². The van der Waals surface area contributed by atoms with Crippen molar-refractivity contribution < 1.29 is 9.18 Å². The van der Waals surface area contributed by atoms with Crippen LogP contribution in [0.5, 0.6) is 0 Å². The van der Waals surface area contributed by atoms with E-state index in [0.717, 1.165) is 5.69 Å². The first-order valence-electron chi connectivity index (χ1n) is 4.99. The fourth-order valence-corrected chi connectivity index (χ4v) is 1.64. The number of amides is 1. The zero-order chi connectivity index (χ0) is 10.7. The first-order valence-corrected chi connectivity index (χ1v) is 4.99. The molecule has 0 aromatic heterocycles. The highest BCUT2D eigenvalue weighted by Gasteiger charge is 2.28. The van der Waals surface area contributed by atoms with E-state index in [4.69, 9.17) is 0 Å². The molecular formula is C11H13FN2O. The van der Waals surface area contributed by atoms with E-state index in [2.05, 4.69) is 10.6 Å². The standard InChI is InChI=1S/C11H13FN2O/c12-8-6-10(13-7-8)11(15)14-9-4-2-1-3-5-9/h1-5,8,10,13H,6-7H2,(H,14,15). The van der Waals surface area contributed by atoms with Crippen LogP contribution in [-0.4, -0.2) is 24.7 Å². The van der Waals surface area contributed by atoms with Crippen LogP contribution >= 0.6 is 0 Å². The molecule has 0 bridgehead atoms. The predicted octanol–water partition coefficient (Wildman–Crippen LogP) is 1.33. The van der Waals surface area contributed by atoms with E-state index in [9.17, 15) is 9.18 Å². The van der Waals surface area contributed by atoms with Gasteiger partial charge in [-0.25, -0.2) is 4.39 Å². The van der Waals surface area contributed by atoms with E-state index in [-0.39, 0.29) is 18.9 Å². The van der Waals surface area contributed by atoms with E-state index >= 15 is 0 Å². The number of anilines is 1. The van der Waals surface area contributed by atoms with Crippen molar-refractivity contribution in [2.75, 3.05) is 11.9 Å². The van der Waals surface area contributed by atoms with Crippen LogP contribution in [0.4, 0.5) is 10.1 Å². The molecule has 2 rings (SSSR count). The Hall–Kier alpha value is -1.42. The SMILES string of the molecule is O=C(Nc1ccccc1)C1CC(F)CN1. The van der Waals surface area contributed by atoms with Crippen molar-refractivity contribution >= 4 is 11.6 Å². The Morgan fingerprint density at radius 1 is 1.40 bits per heavy atom. The Labute approximate surface area is 87.7 Å². The molecule has 3 nitrogen and oxygen atoms in total. The highest BCUT2D eigenvalue weighted by molar-refractivity contribution is 5.95. The van der Waals surface area contributed by atoms with Crippen molar-refractivity contribution in [1.29, 1.82) is 0 Å². The summed E-state index contributed by atoms with van der Waals surface area (Å²) in [5.74, 6) is -0.165. The molecule has 1 fully saturated rings. The maximum absolute atomic E-state index is 12.8. The summed E-state index contributed by atoms with van der Waals surface area (Å²) in [4.78, 5) is 11.6. The van der Waals surface area contributed by atoms with Crippen LogP contribution in [0.2, 0.25) is 0 Å². The molecule has 0 radical (unpaired) electrons. The number of carbonyl (C=O) groups is 1. The highest BCUT2D eigenvalue weighted by atomic mass is 19.1. The van der Waals surface area contributed by atoms with Gasteiger partial charge < -0.3 is 10.6 Å². The van der Waals surface area contributed by atoms with Gasteiger partial charge in [-0.15, -0.1) is 0 Å². The van der Waals surface area contributed by atoms with Crippen molar-refractivity contribution in [2.24, 2.45) is 0 Å². The minimum absolute atomic E-state index is 0.165. The first kappa shape index (κ1) is 10.1. The Morgan fingerprint density at radius 3 is 2.73 bits per heavy atom. The summed E-state index contributed by atoms with van der Waals surface area (Å²) in [6.07, 6.45) is -0.643. The van der Waals surface area contributed by atoms with Crippen molar-refractivity contribution in [2.45, 2.75) is 18.6 Å². The molecular weight excluding hydrogens is 195 g/mol. The quantitative estimate of drug-likeness (QED) is 0.769. The van der Waals surface area contributed by atoms with E-state index in [1.54, 1.807) is 12.1 Å². The monoisotopic (exact) mass is 208 g/mol. The molecule has 1 aliphatic rings. The number of nitrogens with one attached hydrogen (secondary N) is 2. The molecule has 1 saturated heterocycles. The average molecular weight is 208 g/mol. The Morgan fingerprint density at radius 2 is 2.13 bits per heavy atom. The summed E-state index contributed by atoms with van der Waals surface area (Å²) in [7, 11) is 0. The van der Waals surface area contributed by atoms with Gasteiger partial charge in [0.15, 0.2) is 0 Å². The summed E-state index contributed by atoms with van der Waals surface area (Å²) in [6, 6.07) is 8.77. The molecule has 0 aliphatic carbocycles. The van der Waals surface area contributed by atoms with Gasteiger partial charge in [-0.1, -0.05) is 18.2 Å². The number of hydrogen-bond acceptors (Lipinski definition) is 2. The lowest BCUT2D eigenvalue weighted by molar-refractivity contribution is -0.117. The molecule has 0 spiro atoms. The Balaban J connectivity index is 1.93. The number of alkyl halides is 1. The maximum Gasteiger partial charge on any atom is 0.241 e. The summed E-state index contributed by atoms with van der Waals surface area (Å²) < 4.78 is 12.8. The minimum Gasteiger partial charge on any atom is -0.325 e. The van der Waals surface area contributed by atoms with Gasteiger partial charge in [0.05, 0.1) is 6.04 Å². The van der Waals surface area contributed by atoms with Gasteiger partial charge in [-0.05, 0) is 12.1 Å². The lowest BCUT2D eigenvalue weighted by Gasteiger charge is -2.10. The van der Waals surface area contributed by atoms with E-state index in [1.165, 1.54) is 0 Å². The molecule has 15 heavy (non-hydrogen) atoms. The second kappa shape index (κ2) is 4.40. The van der Waals surface area contributed by atoms with Gasteiger partial charge in [-0.3, -0.25) is 4.79 Å². The third kappa shape index (κ3) is 2.53. The topological polar surface area (TPSA) is 41.1 Å². The second-order valence-corrected chi connectivity index (χ2v) is 3.65. The van der Waals surface area contributed by atoms with Crippen LogP contribution in [0.1, 0.15) is 6.42 Å². The third-order valence-corrected chi connectivity index (χ3v) is 2.44. The second-order valence-electron chi connectivity index (χ2n) is 3.65. The predicted molar refractivity (Wildman–Crippen MR) is 56.4 cm³/mol. The Bertz CT molecular complexity index is 342. The summed E-state index contributed by atoms with van der Waals surface area (Å²) in [6.45, 7) is 0.271. The maximum atomic E-state index is 12.8. The van der Waals surface area contributed by atoms with Crippen LogP contribution < -0.4 is 10.6 Å². The fourth-order valence-electron chi connectivity index (χ4n) is 1.64. The number of halogens is 1. The third-order valence-electron chi connectivity index (χ3n) is 2.44. The number of hydrogen-bond donors (Lipinski definition) is 2. The molecule has 4 heteroatoms. The van der Waals surface area contributed by atoms with E-state index in [1.807, 2.05) is 18.2 Å². The molecule has 1 aliphatic heterocycles. The minimum atomic E-state index is -0.906. The van der Waals surface area contributed by atoms with E-state index < -0.39 is 12.2 Å². The molecule has 1 heterocycles. The number of benzene rings is 1. The molecule has 2 atom stereocenters. The molecule has 1 amide bonds. The lowest BCUT2D eigenvalue weighted by Crippen LogP contribution is -2.35. The summed E-state index contributed by atoms with van der Waals surface area (Å²) in [5, 5.41) is 5.58. The molecule has 1 aromatic rings. The van der Waals surface area contributed by atoms with Crippen LogP contribution in [0.3, 0.4) is 0 Å².